The highest BCUT2D eigenvalue weighted by Gasteiger charge is 2.34. The molecular weight excluding hydrogens is 430 g/mol. The third-order valence-corrected chi connectivity index (χ3v) is 6.01. The molecule has 1 aliphatic heterocycles. The Morgan fingerprint density at radius 2 is 1.79 bits per heavy atom. The van der Waals surface area contributed by atoms with Crippen molar-refractivity contribution in [1.82, 2.24) is 14.8 Å². The van der Waals surface area contributed by atoms with Crippen molar-refractivity contribution in [2.24, 2.45) is 0 Å². The number of carbonyl (C=O) groups excluding carboxylic acids is 1. The number of hydrogen-bond acceptors (Lipinski definition) is 4. The molecule has 0 saturated carbocycles. The fourth-order valence-electron chi connectivity index (χ4n) is 4.24. The van der Waals surface area contributed by atoms with Crippen LogP contribution in [0, 0.1) is 0 Å². The second kappa shape index (κ2) is 8.07. The van der Waals surface area contributed by atoms with Crippen LogP contribution in [0.25, 0.3) is 0 Å². The number of pyridine rings is 1. The highest BCUT2D eigenvalue weighted by atomic mass is 79.9. The Morgan fingerprint density at radius 3 is 2.52 bits per heavy atom. The van der Waals surface area contributed by atoms with Gasteiger partial charge < -0.3 is 9.64 Å². The molecule has 1 amide bonds. The van der Waals surface area contributed by atoms with Gasteiger partial charge in [-0.2, -0.15) is 0 Å². The van der Waals surface area contributed by atoms with Crippen LogP contribution in [0.4, 0.5) is 4.79 Å². The largest absolute Gasteiger partial charge is 0.444 e. The number of carbonyl (C=O) groups is 1. The maximum absolute atomic E-state index is 12.5. The fourth-order valence-corrected chi connectivity index (χ4v) is 4.62. The van der Waals surface area contributed by atoms with E-state index in [1.54, 1.807) is 0 Å². The summed E-state index contributed by atoms with van der Waals surface area (Å²) in [6.07, 6.45) is 3.69. The number of hydrogen-bond donors (Lipinski definition) is 0. The Labute approximate surface area is 181 Å². The molecule has 0 bridgehead atoms. The van der Waals surface area contributed by atoms with Crippen LogP contribution >= 0.6 is 15.9 Å². The van der Waals surface area contributed by atoms with E-state index in [0.29, 0.717) is 13.1 Å². The Morgan fingerprint density at radius 1 is 1.10 bits per heavy atom. The number of piperazine rings is 1. The first-order chi connectivity index (χ1) is 13.8. The standard InChI is InChI=1S/C23H28BrN3O2/c1-23(2,3)29-22(28)27-12-10-26(11-13-27)21-19-7-5-4-6-16(19)8-9-17-14-18(24)15-25-20(17)21/h4-7,14-15,21H,8-13H2,1-3H3. The number of rotatable bonds is 1. The SMILES string of the molecule is CC(C)(C)OC(=O)N1CCN(C2c3ccccc3CCc3cc(Br)cnc32)CC1. The Hall–Kier alpha value is -1.92. The van der Waals surface area contributed by atoms with E-state index in [1.165, 1.54) is 16.7 Å². The molecule has 1 aromatic carbocycles. The molecule has 2 aliphatic rings. The van der Waals surface area contributed by atoms with E-state index in [4.69, 9.17) is 9.72 Å². The molecule has 0 radical (unpaired) electrons. The molecule has 1 unspecified atom stereocenters. The summed E-state index contributed by atoms with van der Waals surface area (Å²) in [5, 5.41) is 0. The van der Waals surface area contributed by atoms with Crippen molar-refractivity contribution >= 4 is 22.0 Å². The van der Waals surface area contributed by atoms with Gasteiger partial charge >= 0.3 is 6.09 Å². The molecule has 0 N–H and O–H groups in total. The van der Waals surface area contributed by atoms with Crippen LogP contribution in [0.3, 0.4) is 0 Å². The van der Waals surface area contributed by atoms with Crippen LogP contribution in [0.15, 0.2) is 41.0 Å². The number of aromatic nitrogens is 1. The summed E-state index contributed by atoms with van der Waals surface area (Å²) in [6, 6.07) is 11.0. The van der Waals surface area contributed by atoms with E-state index in [-0.39, 0.29) is 12.1 Å². The van der Waals surface area contributed by atoms with Crippen molar-refractivity contribution in [3.05, 3.63) is 63.4 Å². The molecular formula is C23H28BrN3O2. The van der Waals surface area contributed by atoms with Crippen LogP contribution in [0.2, 0.25) is 0 Å². The van der Waals surface area contributed by atoms with Gasteiger partial charge in [-0.3, -0.25) is 9.88 Å². The summed E-state index contributed by atoms with van der Waals surface area (Å²) < 4.78 is 6.58. The van der Waals surface area contributed by atoms with E-state index in [0.717, 1.165) is 36.1 Å². The first-order valence-electron chi connectivity index (χ1n) is 10.3. The van der Waals surface area contributed by atoms with Crippen molar-refractivity contribution in [2.75, 3.05) is 26.2 Å². The lowest BCUT2D eigenvalue weighted by Crippen LogP contribution is -2.51. The maximum Gasteiger partial charge on any atom is 0.410 e. The van der Waals surface area contributed by atoms with Crippen molar-refractivity contribution < 1.29 is 9.53 Å². The van der Waals surface area contributed by atoms with Gasteiger partial charge in [-0.1, -0.05) is 24.3 Å². The highest BCUT2D eigenvalue weighted by Crippen LogP contribution is 2.37. The van der Waals surface area contributed by atoms with Gasteiger partial charge in [-0.25, -0.2) is 4.79 Å². The number of halogens is 1. The zero-order valence-electron chi connectivity index (χ0n) is 17.3. The van der Waals surface area contributed by atoms with Gasteiger partial charge in [-0.05, 0) is 72.3 Å². The molecule has 1 aliphatic carbocycles. The lowest BCUT2D eigenvalue weighted by molar-refractivity contribution is 0.0118. The lowest BCUT2D eigenvalue weighted by Gasteiger charge is -2.40. The maximum atomic E-state index is 12.5. The normalized spacial score (nSPS) is 19.9. The minimum Gasteiger partial charge on any atom is -0.444 e. The first kappa shape index (κ1) is 20.4. The zero-order valence-corrected chi connectivity index (χ0v) is 18.9. The highest BCUT2D eigenvalue weighted by molar-refractivity contribution is 9.10. The summed E-state index contributed by atoms with van der Waals surface area (Å²) in [7, 11) is 0. The summed E-state index contributed by atoms with van der Waals surface area (Å²) in [5.74, 6) is 0. The quantitative estimate of drug-likeness (QED) is 0.628. The van der Waals surface area contributed by atoms with Crippen LogP contribution in [-0.4, -0.2) is 52.7 Å². The monoisotopic (exact) mass is 457 g/mol. The third-order valence-electron chi connectivity index (χ3n) is 5.57. The average Bonchev–Trinajstić information content (AvgIpc) is 2.83. The molecule has 29 heavy (non-hydrogen) atoms. The van der Waals surface area contributed by atoms with E-state index in [1.807, 2.05) is 31.9 Å². The summed E-state index contributed by atoms with van der Waals surface area (Å²) in [4.78, 5) is 21.6. The Balaban J connectivity index is 1.60. The number of fused-ring (bicyclic) bond motifs is 2. The molecule has 5 nitrogen and oxygen atoms in total. The predicted octanol–water partition coefficient (Wildman–Crippen LogP) is 4.58. The van der Waals surface area contributed by atoms with Gasteiger partial charge in [0, 0.05) is 36.8 Å². The molecule has 1 atom stereocenters. The fraction of sp³-hybridized carbons (Fsp3) is 0.478. The number of benzene rings is 1. The molecule has 0 spiro atoms. The van der Waals surface area contributed by atoms with E-state index in [9.17, 15) is 4.79 Å². The zero-order chi connectivity index (χ0) is 20.6. The number of amides is 1. The number of ether oxygens (including phenoxy) is 1. The van der Waals surface area contributed by atoms with Crippen molar-refractivity contribution in [3.8, 4) is 0 Å². The molecule has 1 saturated heterocycles. The van der Waals surface area contributed by atoms with Gasteiger partial charge in [0.15, 0.2) is 0 Å². The van der Waals surface area contributed by atoms with Gasteiger partial charge in [0.05, 0.1) is 11.7 Å². The van der Waals surface area contributed by atoms with Gasteiger partial charge in [0.2, 0.25) is 0 Å². The summed E-state index contributed by atoms with van der Waals surface area (Å²) >= 11 is 3.58. The average molecular weight is 458 g/mol. The molecule has 4 rings (SSSR count). The van der Waals surface area contributed by atoms with Crippen molar-refractivity contribution in [1.29, 1.82) is 0 Å². The minimum absolute atomic E-state index is 0.123. The molecule has 2 heterocycles. The van der Waals surface area contributed by atoms with Crippen LogP contribution in [0.5, 0.6) is 0 Å². The minimum atomic E-state index is -0.468. The van der Waals surface area contributed by atoms with Crippen molar-refractivity contribution in [3.63, 3.8) is 0 Å². The van der Waals surface area contributed by atoms with Crippen LogP contribution in [0.1, 0.15) is 49.2 Å². The molecule has 154 valence electrons. The Kier molecular flexibility index (Phi) is 5.67. The van der Waals surface area contributed by atoms with Crippen LogP contribution in [-0.2, 0) is 17.6 Å². The predicted molar refractivity (Wildman–Crippen MR) is 117 cm³/mol. The number of nitrogens with zero attached hydrogens (tertiary/aromatic N) is 3. The van der Waals surface area contributed by atoms with Crippen molar-refractivity contribution in [2.45, 2.75) is 45.3 Å². The summed E-state index contributed by atoms with van der Waals surface area (Å²) in [5.41, 5.74) is 4.71. The van der Waals surface area contributed by atoms with E-state index >= 15 is 0 Å². The first-order valence-corrected chi connectivity index (χ1v) is 11.1. The van der Waals surface area contributed by atoms with Gasteiger partial charge in [0.1, 0.15) is 5.60 Å². The van der Waals surface area contributed by atoms with E-state index in [2.05, 4.69) is 51.2 Å². The third kappa shape index (κ3) is 4.48. The Bertz CT molecular complexity index is 901. The van der Waals surface area contributed by atoms with E-state index < -0.39 is 5.60 Å². The topological polar surface area (TPSA) is 45.7 Å². The van der Waals surface area contributed by atoms with Crippen LogP contribution < -0.4 is 0 Å². The molecule has 1 fully saturated rings. The summed E-state index contributed by atoms with van der Waals surface area (Å²) in [6.45, 7) is 8.66. The van der Waals surface area contributed by atoms with Gasteiger partial charge in [0.25, 0.3) is 0 Å². The van der Waals surface area contributed by atoms with Gasteiger partial charge in [-0.15, -0.1) is 0 Å². The number of aryl methyl sites for hydroxylation is 2. The second-order valence-corrected chi connectivity index (χ2v) is 9.72. The lowest BCUT2D eigenvalue weighted by atomic mass is 9.96. The molecule has 6 heteroatoms. The second-order valence-electron chi connectivity index (χ2n) is 8.80. The smallest absolute Gasteiger partial charge is 0.410 e. The molecule has 2 aromatic rings. The molecule has 1 aromatic heterocycles.